The van der Waals surface area contributed by atoms with Crippen LogP contribution in [0.1, 0.15) is 46.0 Å². The van der Waals surface area contributed by atoms with Gasteiger partial charge in [-0.3, -0.25) is 4.79 Å². The highest BCUT2D eigenvalue weighted by Crippen LogP contribution is 2.28. The predicted molar refractivity (Wildman–Crippen MR) is 80.8 cm³/mol. The van der Waals surface area contributed by atoms with Gasteiger partial charge in [-0.1, -0.05) is 19.3 Å². The number of hydrogen-bond acceptors (Lipinski definition) is 3. The number of carbonyl (C=O) groups excluding carboxylic acids is 1. The summed E-state index contributed by atoms with van der Waals surface area (Å²) in [6, 6.07) is 4.43. The lowest BCUT2D eigenvalue weighted by Gasteiger charge is -2.31. The van der Waals surface area contributed by atoms with Crippen LogP contribution in [0, 0.1) is 5.82 Å². The van der Waals surface area contributed by atoms with E-state index in [4.69, 9.17) is 10.5 Å². The van der Waals surface area contributed by atoms with Gasteiger partial charge in [0, 0.05) is 6.07 Å². The molecule has 0 unspecified atom stereocenters. The van der Waals surface area contributed by atoms with Crippen LogP contribution in [0.5, 0.6) is 5.75 Å². The van der Waals surface area contributed by atoms with E-state index < -0.39 is 11.4 Å². The van der Waals surface area contributed by atoms with Gasteiger partial charge in [-0.05, 0) is 38.8 Å². The Morgan fingerprint density at radius 3 is 2.57 bits per heavy atom. The van der Waals surface area contributed by atoms with E-state index in [9.17, 15) is 9.18 Å². The van der Waals surface area contributed by atoms with Crippen molar-refractivity contribution in [3.63, 3.8) is 0 Å². The number of halogens is 1. The Kier molecular flexibility index (Phi) is 4.83. The third-order valence-corrected chi connectivity index (χ3v) is 3.76. The number of hydrogen-bond donors (Lipinski definition) is 2. The number of anilines is 1. The molecule has 1 aliphatic carbocycles. The fraction of sp³-hybridized carbons (Fsp3) is 0.562. The lowest BCUT2D eigenvalue weighted by atomic mass is 9.82. The smallest absolute Gasteiger partial charge is 0.244 e. The van der Waals surface area contributed by atoms with Crippen LogP contribution >= 0.6 is 0 Å². The Morgan fingerprint density at radius 2 is 2.00 bits per heavy atom. The van der Waals surface area contributed by atoms with Crippen molar-refractivity contribution in [2.45, 2.75) is 57.6 Å². The molecule has 0 bridgehead atoms. The summed E-state index contributed by atoms with van der Waals surface area (Å²) in [5.41, 5.74) is 5.40. The minimum atomic E-state index is -0.877. The van der Waals surface area contributed by atoms with Crippen molar-refractivity contribution in [1.29, 1.82) is 0 Å². The molecule has 0 atom stereocenters. The van der Waals surface area contributed by atoms with Crippen LogP contribution in [0.2, 0.25) is 0 Å². The molecule has 116 valence electrons. The summed E-state index contributed by atoms with van der Waals surface area (Å²) < 4.78 is 19.4. The molecule has 0 saturated heterocycles. The Balaban J connectivity index is 2.07. The van der Waals surface area contributed by atoms with Gasteiger partial charge in [0.15, 0.2) is 0 Å². The second kappa shape index (κ2) is 6.43. The van der Waals surface area contributed by atoms with Crippen molar-refractivity contribution in [1.82, 2.24) is 0 Å². The molecule has 5 heteroatoms. The first-order valence-corrected chi connectivity index (χ1v) is 7.47. The summed E-state index contributed by atoms with van der Waals surface area (Å²) in [6.07, 6.45) is 4.24. The Labute approximate surface area is 124 Å². The summed E-state index contributed by atoms with van der Waals surface area (Å²) >= 11 is 0. The zero-order valence-electron chi connectivity index (χ0n) is 12.6. The summed E-state index contributed by atoms with van der Waals surface area (Å²) in [5.74, 6) is -0.375. The van der Waals surface area contributed by atoms with Gasteiger partial charge in [0.2, 0.25) is 5.91 Å². The summed E-state index contributed by atoms with van der Waals surface area (Å²) in [6.45, 7) is 3.74. The average molecular weight is 294 g/mol. The third-order valence-electron chi connectivity index (χ3n) is 3.76. The van der Waals surface area contributed by atoms with Gasteiger partial charge in [-0.15, -0.1) is 0 Å². The van der Waals surface area contributed by atoms with Crippen molar-refractivity contribution < 1.29 is 13.9 Å². The zero-order chi connectivity index (χ0) is 15.5. The van der Waals surface area contributed by atoms with Crippen LogP contribution in [-0.4, -0.2) is 17.6 Å². The monoisotopic (exact) mass is 294 g/mol. The molecule has 3 N–H and O–H groups in total. The molecule has 2 rings (SSSR count). The maximum atomic E-state index is 14.0. The van der Waals surface area contributed by atoms with E-state index in [0.29, 0.717) is 18.6 Å². The number of amides is 1. The van der Waals surface area contributed by atoms with E-state index in [1.165, 1.54) is 12.1 Å². The highest BCUT2D eigenvalue weighted by Gasteiger charge is 2.35. The van der Waals surface area contributed by atoms with Crippen LogP contribution in [-0.2, 0) is 4.79 Å². The second-order valence-electron chi connectivity index (χ2n) is 5.98. The summed E-state index contributed by atoms with van der Waals surface area (Å²) in [4.78, 5) is 12.3. The molecule has 1 aromatic rings. The average Bonchev–Trinajstić information content (AvgIpc) is 2.42. The number of carbonyl (C=O) groups is 1. The molecule has 0 aromatic heterocycles. The van der Waals surface area contributed by atoms with Crippen molar-refractivity contribution in [3.8, 4) is 5.75 Å². The fourth-order valence-corrected chi connectivity index (χ4v) is 2.60. The molecule has 0 spiro atoms. The molecule has 4 nitrogen and oxygen atoms in total. The summed E-state index contributed by atoms with van der Waals surface area (Å²) in [7, 11) is 0. The molecule has 21 heavy (non-hydrogen) atoms. The Morgan fingerprint density at radius 1 is 1.33 bits per heavy atom. The molecule has 0 aliphatic heterocycles. The first-order valence-electron chi connectivity index (χ1n) is 7.47. The van der Waals surface area contributed by atoms with E-state index in [-0.39, 0.29) is 17.7 Å². The minimum absolute atomic E-state index is 0.0283. The van der Waals surface area contributed by atoms with Crippen molar-refractivity contribution in [2.75, 3.05) is 5.32 Å². The van der Waals surface area contributed by atoms with Crippen LogP contribution in [0.25, 0.3) is 0 Å². The van der Waals surface area contributed by atoms with Gasteiger partial charge in [-0.25, -0.2) is 4.39 Å². The molecular weight excluding hydrogens is 271 g/mol. The van der Waals surface area contributed by atoms with Crippen molar-refractivity contribution in [3.05, 3.63) is 24.0 Å². The van der Waals surface area contributed by atoms with Crippen LogP contribution in [0.3, 0.4) is 0 Å². The maximum Gasteiger partial charge on any atom is 0.244 e. The molecule has 1 fully saturated rings. The number of nitrogens with two attached hydrogens (primary N) is 1. The molecule has 1 aromatic carbocycles. The maximum absolute atomic E-state index is 14.0. The lowest BCUT2D eigenvalue weighted by molar-refractivity contribution is -0.122. The standard InChI is InChI=1S/C16H23FN2O2/c1-11(2)21-12-6-7-14(13(17)10-12)19-15(20)16(18)8-4-3-5-9-16/h6-7,10-11H,3-5,8-9,18H2,1-2H3,(H,19,20). The van der Waals surface area contributed by atoms with Crippen LogP contribution in [0.4, 0.5) is 10.1 Å². The number of ether oxygens (including phenoxy) is 1. The van der Waals surface area contributed by atoms with Gasteiger partial charge < -0.3 is 15.8 Å². The third kappa shape index (κ3) is 3.94. The van der Waals surface area contributed by atoms with Gasteiger partial charge in [0.05, 0.1) is 17.3 Å². The van der Waals surface area contributed by atoms with Gasteiger partial charge in [-0.2, -0.15) is 0 Å². The molecule has 0 radical (unpaired) electrons. The predicted octanol–water partition coefficient (Wildman–Crippen LogP) is 3.21. The normalized spacial score (nSPS) is 17.6. The molecular formula is C16H23FN2O2. The van der Waals surface area contributed by atoms with Crippen LogP contribution < -0.4 is 15.8 Å². The second-order valence-corrected chi connectivity index (χ2v) is 5.98. The quantitative estimate of drug-likeness (QED) is 0.896. The fourth-order valence-electron chi connectivity index (χ4n) is 2.60. The highest BCUT2D eigenvalue weighted by atomic mass is 19.1. The lowest BCUT2D eigenvalue weighted by Crippen LogP contribution is -2.52. The van der Waals surface area contributed by atoms with E-state index in [1.807, 2.05) is 13.8 Å². The topological polar surface area (TPSA) is 64.3 Å². The van der Waals surface area contributed by atoms with Gasteiger partial charge >= 0.3 is 0 Å². The zero-order valence-corrected chi connectivity index (χ0v) is 12.6. The number of benzene rings is 1. The number of rotatable bonds is 4. The van der Waals surface area contributed by atoms with E-state index in [2.05, 4.69) is 5.32 Å². The van der Waals surface area contributed by atoms with Crippen molar-refractivity contribution in [2.24, 2.45) is 5.73 Å². The molecule has 0 heterocycles. The van der Waals surface area contributed by atoms with E-state index in [0.717, 1.165) is 19.3 Å². The van der Waals surface area contributed by atoms with Gasteiger partial charge in [0.25, 0.3) is 0 Å². The van der Waals surface area contributed by atoms with Crippen LogP contribution in [0.15, 0.2) is 18.2 Å². The first kappa shape index (κ1) is 15.8. The van der Waals surface area contributed by atoms with Gasteiger partial charge in [0.1, 0.15) is 11.6 Å². The highest BCUT2D eigenvalue weighted by molar-refractivity contribution is 5.98. The van der Waals surface area contributed by atoms with E-state index >= 15 is 0 Å². The minimum Gasteiger partial charge on any atom is -0.491 e. The molecule has 1 aliphatic rings. The Hall–Kier alpha value is -1.62. The SMILES string of the molecule is CC(C)Oc1ccc(NC(=O)C2(N)CCCCC2)c(F)c1. The number of nitrogens with one attached hydrogen (secondary N) is 1. The first-order chi connectivity index (χ1) is 9.90. The molecule has 1 amide bonds. The Bertz CT molecular complexity index is 511. The van der Waals surface area contributed by atoms with Crippen molar-refractivity contribution >= 4 is 11.6 Å². The summed E-state index contributed by atoms with van der Waals surface area (Å²) in [5, 5.41) is 2.61. The van der Waals surface area contributed by atoms with E-state index in [1.54, 1.807) is 6.07 Å². The largest absolute Gasteiger partial charge is 0.491 e. The molecule has 1 saturated carbocycles.